The van der Waals surface area contributed by atoms with E-state index in [1.165, 1.54) is 12.8 Å². The fourth-order valence-corrected chi connectivity index (χ4v) is 1.88. The molecule has 6 nitrogen and oxygen atoms in total. The number of aromatic nitrogens is 4. The SMILES string of the molecule is CN(Cc1nnnn1C1CC1)CC(C)(C)O. The molecule has 2 rings (SSSR count). The Hall–Kier alpha value is -1.01. The number of aliphatic hydroxyl groups is 1. The van der Waals surface area contributed by atoms with Crippen LogP contribution in [0.15, 0.2) is 0 Å². The Kier molecular flexibility index (Phi) is 2.94. The number of likely N-dealkylation sites (N-methyl/N-ethyl adjacent to an activating group) is 1. The second-order valence-electron chi connectivity index (χ2n) is 5.26. The highest BCUT2D eigenvalue weighted by atomic mass is 16.3. The average molecular weight is 225 g/mol. The number of tetrazole rings is 1. The van der Waals surface area contributed by atoms with Gasteiger partial charge in [0, 0.05) is 6.54 Å². The molecule has 1 aromatic rings. The predicted octanol–water partition coefficient (Wildman–Crippen LogP) is 0.211. The van der Waals surface area contributed by atoms with Gasteiger partial charge in [-0.25, -0.2) is 4.68 Å². The van der Waals surface area contributed by atoms with Crippen LogP contribution in [0.4, 0.5) is 0 Å². The molecule has 1 saturated carbocycles. The molecule has 0 bridgehead atoms. The monoisotopic (exact) mass is 225 g/mol. The summed E-state index contributed by atoms with van der Waals surface area (Å²) in [5, 5.41) is 21.4. The van der Waals surface area contributed by atoms with Crippen molar-refractivity contribution in [2.45, 2.75) is 44.9 Å². The topological polar surface area (TPSA) is 67.1 Å². The third-order valence-corrected chi connectivity index (χ3v) is 2.52. The van der Waals surface area contributed by atoms with Crippen molar-refractivity contribution < 1.29 is 5.11 Å². The lowest BCUT2D eigenvalue weighted by Gasteiger charge is -2.24. The zero-order chi connectivity index (χ0) is 11.8. The van der Waals surface area contributed by atoms with Crippen molar-refractivity contribution in [3.8, 4) is 0 Å². The Balaban J connectivity index is 1.95. The number of rotatable bonds is 5. The standard InChI is InChI=1S/C10H19N5O/c1-10(2,16)7-14(3)6-9-11-12-13-15(9)8-4-5-8/h8,16H,4-7H2,1-3H3. The van der Waals surface area contributed by atoms with E-state index in [9.17, 15) is 5.11 Å². The van der Waals surface area contributed by atoms with Crippen LogP contribution in [-0.4, -0.2) is 49.4 Å². The molecule has 6 heteroatoms. The number of hydrogen-bond donors (Lipinski definition) is 1. The van der Waals surface area contributed by atoms with Gasteiger partial charge in [0.05, 0.1) is 18.2 Å². The summed E-state index contributed by atoms with van der Waals surface area (Å²) in [4.78, 5) is 2.03. The highest BCUT2D eigenvalue weighted by Crippen LogP contribution is 2.34. The van der Waals surface area contributed by atoms with Gasteiger partial charge < -0.3 is 5.11 Å². The summed E-state index contributed by atoms with van der Waals surface area (Å²) in [6.07, 6.45) is 2.35. The second kappa shape index (κ2) is 4.10. The van der Waals surface area contributed by atoms with E-state index in [0.717, 1.165) is 5.82 Å². The van der Waals surface area contributed by atoms with Crippen molar-refractivity contribution in [2.75, 3.05) is 13.6 Å². The molecule has 90 valence electrons. The van der Waals surface area contributed by atoms with Crippen LogP contribution in [0.25, 0.3) is 0 Å². The van der Waals surface area contributed by atoms with Crippen molar-refractivity contribution in [3.05, 3.63) is 5.82 Å². The van der Waals surface area contributed by atoms with Crippen molar-refractivity contribution in [2.24, 2.45) is 0 Å². The minimum atomic E-state index is -0.688. The first-order valence-electron chi connectivity index (χ1n) is 5.63. The lowest BCUT2D eigenvalue weighted by molar-refractivity contribution is 0.0414. The lowest BCUT2D eigenvalue weighted by Crippen LogP contribution is -2.36. The van der Waals surface area contributed by atoms with Crippen LogP contribution >= 0.6 is 0 Å². The molecule has 1 fully saturated rings. The molecule has 1 aliphatic rings. The van der Waals surface area contributed by atoms with E-state index in [-0.39, 0.29) is 0 Å². The normalized spacial score (nSPS) is 17.1. The highest BCUT2D eigenvalue weighted by molar-refractivity contribution is 4.90. The third kappa shape index (κ3) is 2.99. The van der Waals surface area contributed by atoms with Gasteiger partial charge in [-0.15, -0.1) is 5.10 Å². The molecular formula is C10H19N5O. The minimum absolute atomic E-state index is 0.500. The van der Waals surface area contributed by atoms with Gasteiger partial charge in [-0.2, -0.15) is 0 Å². The molecule has 1 aliphatic carbocycles. The van der Waals surface area contributed by atoms with E-state index in [1.54, 1.807) is 13.8 Å². The predicted molar refractivity (Wildman–Crippen MR) is 58.7 cm³/mol. The van der Waals surface area contributed by atoms with Crippen molar-refractivity contribution in [1.29, 1.82) is 0 Å². The van der Waals surface area contributed by atoms with Crippen molar-refractivity contribution >= 4 is 0 Å². The summed E-state index contributed by atoms with van der Waals surface area (Å²) in [5.41, 5.74) is -0.688. The molecular weight excluding hydrogens is 206 g/mol. The molecule has 0 spiro atoms. The quantitative estimate of drug-likeness (QED) is 0.776. The maximum Gasteiger partial charge on any atom is 0.165 e. The van der Waals surface area contributed by atoms with Gasteiger partial charge in [-0.3, -0.25) is 4.90 Å². The molecule has 0 aliphatic heterocycles. The Morgan fingerprint density at radius 1 is 1.50 bits per heavy atom. The lowest BCUT2D eigenvalue weighted by atomic mass is 10.1. The Morgan fingerprint density at radius 2 is 2.19 bits per heavy atom. The average Bonchev–Trinajstić information content (AvgIpc) is 2.85. The zero-order valence-electron chi connectivity index (χ0n) is 10.1. The molecule has 16 heavy (non-hydrogen) atoms. The highest BCUT2D eigenvalue weighted by Gasteiger charge is 2.28. The maximum atomic E-state index is 9.71. The fraction of sp³-hybridized carbons (Fsp3) is 0.900. The third-order valence-electron chi connectivity index (χ3n) is 2.52. The van der Waals surface area contributed by atoms with Crippen LogP contribution in [0.2, 0.25) is 0 Å². The van der Waals surface area contributed by atoms with Gasteiger partial charge >= 0.3 is 0 Å². The minimum Gasteiger partial charge on any atom is -0.389 e. The summed E-state index contributed by atoms with van der Waals surface area (Å²) in [6.45, 7) is 4.87. The van der Waals surface area contributed by atoms with Crippen molar-refractivity contribution in [1.82, 2.24) is 25.1 Å². The van der Waals surface area contributed by atoms with E-state index in [1.807, 2.05) is 16.6 Å². The molecule has 0 amide bonds. The van der Waals surface area contributed by atoms with Gasteiger partial charge in [-0.05, 0) is 44.2 Å². The Morgan fingerprint density at radius 3 is 2.75 bits per heavy atom. The van der Waals surface area contributed by atoms with E-state index in [2.05, 4.69) is 15.5 Å². The van der Waals surface area contributed by atoms with Gasteiger partial charge in [0.25, 0.3) is 0 Å². The summed E-state index contributed by atoms with van der Waals surface area (Å²) >= 11 is 0. The molecule has 0 atom stereocenters. The van der Waals surface area contributed by atoms with Crippen LogP contribution in [0.3, 0.4) is 0 Å². The Bertz CT molecular complexity index is 352. The van der Waals surface area contributed by atoms with Crippen LogP contribution in [0.5, 0.6) is 0 Å². The van der Waals surface area contributed by atoms with Gasteiger partial charge in [0.15, 0.2) is 5.82 Å². The zero-order valence-corrected chi connectivity index (χ0v) is 10.1. The van der Waals surface area contributed by atoms with Gasteiger partial charge in [-0.1, -0.05) is 0 Å². The molecule has 1 heterocycles. The van der Waals surface area contributed by atoms with E-state index >= 15 is 0 Å². The summed E-state index contributed by atoms with van der Waals surface area (Å²) in [7, 11) is 1.96. The Labute approximate surface area is 95.2 Å². The van der Waals surface area contributed by atoms with Gasteiger partial charge in [0.2, 0.25) is 0 Å². The summed E-state index contributed by atoms with van der Waals surface area (Å²) < 4.78 is 1.90. The van der Waals surface area contributed by atoms with Gasteiger partial charge in [0.1, 0.15) is 0 Å². The largest absolute Gasteiger partial charge is 0.389 e. The van der Waals surface area contributed by atoms with Crippen LogP contribution in [-0.2, 0) is 6.54 Å². The van der Waals surface area contributed by atoms with Crippen molar-refractivity contribution in [3.63, 3.8) is 0 Å². The van der Waals surface area contributed by atoms with Crippen LogP contribution in [0, 0.1) is 0 Å². The number of hydrogen-bond acceptors (Lipinski definition) is 5. The first kappa shape index (κ1) is 11.5. The van der Waals surface area contributed by atoms with E-state index in [4.69, 9.17) is 0 Å². The smallest absolute Gasteiger partial charge is 0.165 e. The molecule has 0 unspecified atom stereocenters. The van der Waals surface area contributed by atoms with E-state index < -0.39 is 5.60 Å². The molecule has 0 saturated heterocycles. The number of nitrogens with zero attached hydrogens (tertiary/aromatic N) is 5. The first-order chi connectivity index (χ1) is 7.46. The fourth-order valence-electron chi connectivity index (χ4n) is 1.88. The summed E-state index contributed by atoms with van der Waals surface area (Å²) in [5.74, 6) is 0.884. The first-order valence-corrected chi connectivity index (χ1v) is 5.63. The molecule has 0 radical (unpaired) electrons. The summed E-state index contributed by atoms with van der Waals surface area (Å²) in [6, 6.07) is 0.500. The second-order valence-corrected chi connectivity index (χ2v) is 5.26. The van der Waals surface area contributed by atoms with E-state index in [0.29, 0.717) is 19.1 Å². The molecule has 1 N–H and O–H groups in total. The van der Waals surface area contributed by atoms with Crippen LogP contribution < -0.4 is 0 Å². The molecule has 0 aromatic carbocycles. The maximum absolute atomic E-state index is 9.71. The molecule has 1 aromatic heterocycles. The van der Waals surface area contributed by atoms with Crippen LogP contribution in [0.1, 0.15) is 38.6 Å².